The van der Waals surface area contributed by atoms with Gasteiger partial charge in [-0.2, -0.15) is 0 Å². The summed E-state index contributed by atoms with van der Waals surface area (Å²) in [6.45, 7) is 1.29. The molecule has 0 saturated heterocycles. The minimum absolute atomic E-state index is 0.0689. The lowest BCUT2D eigenvalue weighted by Gasteiger charge is -2.32. The molecule has 0 aromatic heterocycles. The first-order valence-corrected chi connectivity index (χ1v) is 9.63. The van der Waals surface area contributed by atoms with Gasteiger partial charge in [0.15, 0.2) is 12.7 Å². The number of para-hydroxylation sites is 2. The molecular weight excluding hydrogens is 412 g/mol. The third kappa shape index (κ3) is 5.01. The Labute approximate surface area is 178 Å². The average molecular weight is 433 g/mol. The zero-order chi connectivity index (χ0) is 21.7. The number of nitrogens with one attached hydrogen (secondary N) is 1. The number of methoxy groups -OCH3 is 1. The summed E-state index contributed by atoms with van der Waals surface area (Å²) < 4.78 is 15.7. The molecule has 30 heavy (non-hydrogen) atoms. The lowest BCUT2D eigenvalue weighted by Crippen LogP contribution is -2.45. The molecule has 0 radical (unpaired) electrons. The van der Waals surface area contributed by atoms with Crippen molar-refractivity contribution in [2.45, 2.75) is 19.4 Å². The van der Waals surface area contributed by atoms with E-state index in [1.807, 2.05) is 0 Å². The lowest BCUT2D eigenvalue weighted by molar-refractivity contribution is -0.147. The Balaban J connectivity index is 1.52. The number of halogens is 1. The SMILES string of the molecule is COc1ccc(Cl)cc1NC(=O)COC(=O)CCN1C(=O)C(C)Oc2ccccc21. The Morgan fingerprint density at radius 1 is 1.23 bits per heavy atom. The maximum Gasteiger partial charge on any atom is 0.308 e. The Bertz CT molecular complexity index is 964. The van der Waals surface area contributed by atoms with Crippen molar-refractivity contribution in [3.05, 3.63) is 47.5 Å². The monoisotopic (exact) mass is 432 g/mol. The minimum Gasteiger partial charge on any atom is -0.495 e. The van der Waals surface area contributed by atoms with E-state index in [2.05, 4.69) is 5.32 Å². The molecule has 8 nitrogen and oxygen atoms in total. The van der Waals surface area contributed by atoms with Crippen molar-refractivity contribution >= 4 is 40.8 Å². The molecule has 0 spiro atoms. The van der Waals surface area contributed by atoms with Crippen LogP contribution in [0.3, 0.4) is 0 Å². The lowest BCUT2D eigenvalue weighted by atomic mass is 10.2. The van der Waals surface area contributed by atoms with Crippen LogP contribution < -0.4 is 19.7 Å². The maximum atomic E-state index is 12.4. The average Bonchev–Trinajstić information content (AvgIpc) is 2.73. The highest BCUT2D eigenvalue weighted by atomic mass is 35.5. The van der Waals surface area contributed by atoms with Gasteiger partial charge >= 0.3 is 5.97 Å². The van der Waals surface area contributed by atoms with Crippen LogP contribution in [0.15, 0.2) is 42.5 Å². The van der Waals surface area contributed by atoms with E-state index in [9.17, 15) is 14.4 Å². The molecule has 1 aliphatic heterocycles. The molecular formula is C21H21ClN2O6. The van der Waals surface area contributed by atoms with Crippen molar-refractivity contribution in [3.63, 3.8) is 0 Å². The van der Waals surface area contributed by atoms with Crippen molar-refractivity contribution in [2.24, 2.45) is 0 Å². The molecule has 2 amide bonds. The number of hydrogen-bond acceptors (Lipinski definition) is 6. The number of carbonyl (C=O) groups is 3. The number of benzene rings is 2. The van der Waals surface area contributed by atoms with Crippen LogP contribution in [0, 0.1) is 0 Å². The molecule has 0 bridgehead atoms. The zero-order valence-corrected chi connectivity index (χ0v) is 17.3. The van der Waals surface area contributed by atoms with Crippen LogP contribution in [0.2, 0.25) is 5.02 Å². The second kappa shape index (κ2) is 9.49. The normalized spacial score (nSPS) is 15.1. The Morgan fingerprint density at radius 3 is 2.77 bits per heavy atom. The van der Waals surface area contributed by atoms with Crippen LogP contribution >= 0.6 is 11.6 Å². The van der Waals surface area contributed by atoms with E-state index in [0.717, 1.165) is 0 Å². The van der Waals surface area contributed by atoms with Gasteiger partial charge in [-0.1, -0.05) is 23.7 Å². The van der Waals surface area contributed by atoms with Crippen molar-refractivity contribution < 1.29 is 28.6 Å². The molecule has 1 unspecified atom stereocenters. The fraction of sp³-hybridized carbons (Fsp3) is 0.286. The van der Waals surface area contributed by atoms with E-state index in [4.69, 9.17) is 25.8 Å². The maximum absolute atomic E-state index is 12.4. The third-order valence-electron chi connectivity index (χ3n) is 4.41. The number of ether oxygens (including phenoxy) is 3. The number of anilines is 2. The van der Waals surface area contributed by atoms with Gasteiger partial charge in [-0.05, 0) is 37.3 Å². The van der Waals surface area contributed by atoms with Gasteiger partial charge in [-0.25, -0.2) is 0 Å². The van der Waals surface area contributed by atoms with Crippen LogP contribution in [-0.4, -0.2) is 44.1 Å². The number of carbonyl (C=O) groups excluding carboxylic acids is 3. The number of amides is 2. The van der Waals surface area contributed by atoms with Gasteiger partial charge < -0.3 is 24.4 Å². The molecule has 1 atom stereocenters. The molecule has 3 rings (SSSR count). The molecule has 1 heterocycles. The van der Waals surface area contributed by atoms with E-state index in [0.29, 0.717) is 27.9 Å². The summed E-state index contributed by atoms with van der Waals surface area (Å²) in [7, 11) is 1.46. The summed E-state index contributed by atoms with van der Waals surface area (Å²) >= 11 is 5.92. The van der Waals surface area contributed by atoms with E-state index in [1.165, 1.54) is 18.1 Å². The summed E-state index contributed by atoms with van der Waals surface area (Å²) in [4.78, 5) is 38.1. The first-order chi connectivity index (χ1) is 14.4. The number of hydrogen-bond donors (Lipinski definition) is 1. The van der Waals surface area contributed by atoms with Crippen LogP contribution in [0.5, 0.6) is 11.5 Å². The molecule has 1 aliphatic rings. The largest absolute Gasteiger partial charge is 0.495 e. The number of fused-ring (bicyclic) bond motifs is 1. The predicted octanol–water partition coefficient (Wildman–Crippen LogP) is 3.03. The fourth-order valence-electron chi connectivity index (χ4n) is 2.97. The first-order valence-electron chi connectivity index (χ1n) is 9.25. The Kier molecular flexibility index (Phi) is 6.79. The van der Waals surface area contributed by atoms with Gasteiger partial charge in [0.1, 0.15) is 11.5 Å². The van der Waals surface area contributed by atoms with Gasteiger partial charge in [0.25, 0.3) is 11.8 Å². The molecule has 0 aliphatic carbocycles. The Hall–Kier alpha value is -3.26. The van der Waals surface area contributed by atoms with Gasteiger partial charge in [0.2, 0.25) is 0 Å². The minimum atomic E-state index is -0.644. The quantitative estimate of drug-likeness (QED) is 0.676. The molecule has 158 valence electrons. The van der Waals surface area contributed by atoms with Crippen LogP contribution in [0.1, 0.15) is 13.3 Å². The highest BCUT2D eigenvalue weighted by Crippen LogP contribution is 2.33. The van der Waals surface area contributed by atoms with E-state index in [-0.39, 0.29) is 18.9 Å². The topological polar surface area (TPSA) is 94.2 Å². The molecule has 9 heteroatoms. The summed E-state index contributed by atoms with van der Waals surface area (Å²) in [5.41, 5.74) is 0.967. The molecule has 0 fully saturated rings. The summed E-state index contributed by atoms with van der Waals surface area (Å²) in [6, 6.07) is 11.9. The Morgan fingerprint density at radius 2 is 2.00 bits per heavy atom. The predicted molar refractivity (Wildman–Crippen MR) is 111 cm³/mol. The zero-order valence-electron chi connectivity index (χ0n) is 16.5. The van der Waals surface area contributed by atoms with E-state index in [1.54, 1.807) is 43.3 Å². The standard InChI is InChI=1S/C21H21ClN2O6/c1-13-21(27)24(16-5-3-4-6-18(16)30-13)10-9-20(26)29-12-19(25)23-15-11-14(22)7-8-17(15)28-2/h3-8,11,13H,9-10,12H2,1-2H3,(H,23,25). The molecule has 1 N–H and O–H groups in total. The first kappa shape index (κ1) is 21.4. The van der Waals surface area contributed by atoms with Crippen LogP contribution in [0.25, 0.3) is 0 Å². The van der Waals surface area contributed by atoms with Crippen molar-refractivity contribution in [3.8, 4) is 11.5 Å². The second-order valence-electron chi connectivity index (χ2n) is 6.52. The third-order valence-corrected chi connectivity index (χ3v) is 4.65. The summed E-state index contributed by atoms with van der Waals surface area (Å²) in [5, 5.41) is 3.01. The van der Waals surface area contributed by atoms with Gasteiger partial charge in [0, 0.05) is 11.6 Å². The van der Waals surface area contributed by atoms with Crippen LogP contribution in [0.4, 0.5) is 11.4 Å². The van der Waals surface area contributed by atoms with Gasteiger partial charge in [-0.15, -0.1) is 0 Å². The number of nitrogens with zero attached hydrogens (tertiary/aromatic N) is 1. The molecule has 2 aromatic carbocycles. The summed E-state index contributed by atoms with van der Waals surface area (Å²) in [6.07, 6.45) is -0.713. The highest BCUT2D eigenvalue weighted by Gasteiger charge is 2.31. The molecule has 2 aromatic rings. The van der Waals surface area contributed by atoms with Crippen molar-refractivity contribution in [1.29, 1.82) is 0 Å². The highest BCUT2D eigenvalue weighted by molar-refractivity contribution is 6.31. The second-order valence-corrected chi connectivity index (χ2v) is 6.96. The van der Waals surface area contributed by atoms with Crippen molar-refractivity contribution in [1.82, 2.24) is 0 Å². The fourth-order valence-corrected chi connectivity index (χ4v) is 3.15. The van der Waals surface area contributed by atoms with Crippen LogP contribution in [-0.2, 0) is 19.1 Å². The smallest absolute Gasteiger partial charge is 0.308 e. The van der Waals surface area contributed by atoms with Gasteiger partial charge in [0.05, 0.1) is 24.9 Å². The van der Waals surface area contributed by atoms with E-state index >= 15 is 0 Å². The summed E-state index contributed by atoms with van der Waals surface area (Å²) in [5.74, 6) is -0.379. The number of rotatable bonds is 7. The van der Waals surface area contributed by atoms with Gasteiger partial charge in [-0.3, -0.25) is 14.4 Å². The molecule has 0 saturated carbocycles. The van der Waals surface area contributed by atoms with E-state index < -0.39 is 24.6 Å². The van der Waals surface area contributed by atoms with Crippen molar-refractivity contribution in [2.75, 3.05) is 30.5 Å². The number of esters is 1.